The van der Waals surface area contributed by atoms with Crippen LogP contribution in [0.5, 0.6) is 0 Å². The Labute approximate surface area is 142 Å². The summed E-state index contributed by atoms with van der Waals surface area (Å²) in [6, 6.07) is 9.02. The van der Waals surface area contributed by atoms with Gasteiger partial charge in [0.05, 0.1) is 11.8 Å². The number of hydrogen-bond donors (Lipinski definition) is 1. The van der Waals surface area contributed by atoms with Crippen LogP contribution in [0.4, 0.5) is 5.69 Å². The van der Waals surface area contributed by atoms with Crippen LogP contribution >= 0.6 is 0 Å². The first-order chi connectivity index (χ1) is 11.5. The summed E-state index contributed by atoms with van der Waals surface area (Å²) in [5.74, 6) is -3.41. The third-order valence-corrected chi connectivity index (χ3v) is 3.71. The van der Waals surface area contributed by atoms with Gasteiger partial charge in [0.15, 0.2) is 0 Å². The van der Waals surface area contributed by atoms with Crippen molar-refractivity contribution in [2.24, 2.45) is 10.4 Å². The van der Waals surface area contributed by atoms with Crippen molar-refractivity contribution in [3.63, 3.8) is 0 Å². The predicted molar refractivity (Wildman–Crippen MR) is 86.5 cm³/mol. The van der Waals surface area contributed by atoms with E-state index < -0.39 is 17.9 Å². The Bertz CT molecular complexity index is 489. The average molecular weight is 342 g/mol. The van der Waals surface area contributed by atoms with E-state index in [1.807, 2.05) is 25.1 Å². The van der Waals surface area contributed by atoms with Gasteiger partial charge >= 0.3 is 5.97 Å². The Hall–Kier alpha value is -1.58. The van der Waals surface area contributed by atoms with Crippen molar-refractivity contribution in [1.29, 1.82) is 0 Å². The van der Waals surface area contributed by atoms with E-state index >= 15 is 0 Å². The molecule has 0 bridgehead atoms. The standard InChI is InChI=1S/C16H26N2O6/c1-6-14(19)12-15(20-2,21-3)16(22-4,23-5)24-18-17-13-10-8-7-9-11-13/h7-11,14,19H,6,12H2,1-5H3. The number of aliphatic hydroxyl groups is 1. The fraction of sp³-hybridized carbons (Fsp3) is 0.625. The van der Waals surface area contributed by atoms with Gasteiger partial charge in [0.2, 0.25) is 0 Å². The molecule has 0 aliphatic rings. The molecule has 1 rings (SSSR count). The molecule has 1 aromatic rings. The van der Waals surface area contributed by atoms with Crippen molar-refractivity contribution < 1.29 is 28.9 Å². The van der Waals surface area contributed by atoms with Gasteiger partial charge in [0.1, 0.15) is 0 Å². The SMILES string of the molecule is CCC(O)CC(OC)(OC)C(OC)(OC)ON=Nc1ccccc1. The van der Waals surface area contributed by atoms with E-state index in [1.54, 1.807) is 12.1 Å². The second-order valence-electron chi connectivity index (χ2n) is 5.00. The second-order valence-corrected chi connectivity index (χ2v) is 5.00. The molecule has 24 heavy (non-hydrogen) atoms. The molecule has 0 saturated carbocycles. The minimum Gasteiger partial charge on any atom is -0.393 e. The normalized spacial score (nSPS) is 14.1. The third-order valence-electron chi connectivity index (χ3n) is 3.71. The highest BCUT2D eigenvalue weighted by Crippen LogP contribution is 2.37. The van der Waals surface area contributed by atoms with Crippen LogP contribution in [0.3, 0.4) is 0 Å². The number of aliphatic hydroxyl groups excluding tert-OH is 1. The van der Waals surface area contributed by atoms with Gasteiger partial charge < -0.3 is 28.9 Å². The lowest BCUT2D eigenvalue weighted by Crippen LogP contribution is -2.61. The lowest BCUT2D eigenvalue weighted by molar-refractivity contribution is -0.486. The zero-order valence-electron chi connectivity index (χ0n) is 14.8. The molecule has 0 aromatic heterocycles. The zero-order valence-corrected chi connectivity index (χ0v) is 14.8. The molecule has 0 saturated heterocycles. The first kappa shape index (κ1) is 20.5. The molecule has 1 unspecified atom stereocenters. The van der Waals surface area contributed by atoms with E-state index in [-0.39, 0.29) is 6.42 Å². The van der Waals surface area contributed by atoms with Gasteiger partial charge in [-0.25, -0.2) is 0 Å². The topological polar surface area (TPSA) is 91.1 Å². The average Bonchev–Trinajstić information content (AvgIpc) is 2.64. The number of methoxy groups -OCH3 is 4. The number of nitrogens with zero attached hydrogens (tertiary/aromatic N) is 2. The summed E-state index contributed by atoms with van der Waals surface area (Å²) < 4.78 is 21.6. The minimum absolute atomic E-state index is 0.0407. The molecule has 0 radical (unpaired) electrons. The molecule has 0 fully saturated rings. The highest BCUT2D eigenvalue weighted by molar-refractivity contribution is 5.34. The highest BCUT2D eigenvalue weighted by atomic mass is 16.9. The molecular formula is C16H26N2O6. The van der Waals surface area contributed by atoms with Crippen LogP contribution < -0.4 is 0 Å². The lowest BCUT2D eigenvalue weighted by atomic mass is 10.0. The van der Waals surface area contributed by atoms with Crippen LogP contribution in [-0.2, 0) is 23.8 Å². The lowest BCUT2D eigenvalue weighted by Gasteiger charge is -2.43. The van der Waals surface area contributed by atoms with Crippen LogP contribution in [-0.4, -0.2) is 51.4 Å². The van der Waals surface area contributed by atoms with Gasteiger partial charge in [-0.2, -0.15) is 0 Å². The van der Waals surface area contributed by atoms with Crippen molar-refractivity contribution in [3.8, 4) is 0 Å². The summed E-state index contributed by atoms with van der Waals surface area (Å²) in [5.41, 5.74) is 0.590. The van der Waals surface area contributed by atoms with E-state index in [4.69, 9.17) is 23.8 Å². The van der Waals surface area contributed by atoms with Gasteiger partial charge in [-0.3, -0.25) is 0 Å². The largest absolute Gasteiger partial charge is 0.407 e. The molecule has 1 N–H and O–H groups in total. The third kappa shape index (κ3) is 4.49. The number of ether oxygens (including phenoxy) is 4. The minimum atomic E-state index is -1.86. The summed E-state index contributed by atoms with van der Waals surface area (Å²) in [6.07, 6.45) is -0.188. The summed E-state index contributed by atoms with van der Waals surface area (Å²) >= 11 is 0. The first-order valence-corrected chi connectivity index (χ1v) is 7.56. The molecule has 0 spiro atoms. The molecule has 0 aliphatic carbocycles. The summed E-state index contributed by atoms with van der Waals surface area (Å²) in [6.45, 7) is 1.83. The van der Waals surface area contributed by atoms with E-state index in [0.717, 1.165) is 0 Å². The van der Waals surface area contributed by atoms with Crippen molar-refractivity contribution in [3.05, 3.63) is 30.3 Å². The van der Waals surface area contributed by atoms with Gasteiger partial charge in [-0.15, -0.1) is 5.11 Å². The van der Waals surface area contributed by atoms with E-state index in [0.29, 0.717) is 12.1 Å². The Balaban J connectivity index is 3.07. The van der Waals surface area contributed by atoms with Crippen molar-refractivity contribution >= 4 is 5.69 Å². The van der Waals surface area contributed by atoms with Crippen molar-refractivity contribution in [1.82, 2.24) is 0 Å². The van der Waals surface area contributed by atoms with Crippen LogP contribution in [0.1, 0.15) is 19.8 Å². The Morgan fingerprint density at radius 1 is 1.00 bits per heavy atom. The van der Waals surface area contributed by atoms with Gasteiger partial charge in [0, 0.05) is 40.1 Å². The molecule has 1 atom stereocenters. The van der Waals surface area contributed by atoms with Crippen molar-refractivity contribution in [2.75, 3.05) is 28.4 Å². The smallest absolute Gasteiger partial charge is 0.393 e. The molecular weight excluding hydrogens is 316 g/mol. The molecule has 136 valence electrons. The number of rotatable bonds is 11. The van der Waals surface area contributed by atoms with E-state index in [1.165, 1.54) is 28.4 Å². The monoisotopic (exact) mass is 342 g/mol. The maximum Gasteiger partial charge on any atom is 0.407 e. The van der Waals surface area contributed by atoms with Crippen molar-refractivity contribution in [2.45, 2.75) is 37.6 Å². The maximum atomic E-state index is 10.0. The number of hydrogen-bond acceptors (Lipinski definition) is 8. The van der Waals surface area contributed by atoms with Gasteiger partial charge in [0.25, 0.3) is 5.79 Å². The number of benzene rings is 1. The molecule has 0 amide bonds. The Morgan fingerprint density at radius 2 is 1.58 bits per heavy atom. The predicted octanol–water partition coefficient (Wildman–Crippen LogP) is 2.80. The summed E-state index contributed by atoms with van der Waals surface area (Å²) in [7, 11) is 5.51. The highest BCUT2D eigenvalue weighted by Gasteiger charge is 2.59. The molecule has 8 nitrogen and oxygen atoms in total. The maximum absolute atomic E-state index is 10.0. The van der Waals surface area contributed by atoms with Gasteiger partial charge in [-0.05, 0) is 18.6 Å². The fourth-order valence-electron chi connectivity index (χ4n) is 2.23. The van der Waals surface area contributed by atoms with Crippen LogP contribution in [0.25, 0.3) is 0 Å². The Kier molecular flexibility index (Phi) is 8.23. The Morgan fingerprint density at radius 3 is 2.04 bits per heavy atom. The molecule has 1 aromatic carbocycles. The van der Waals surface area contributed by atoms with Gasteiger partial charge in [-0.1, -0.05) is 25.1 Å². The quantitative estimate of drug-likeness (QED) is 0.378. The zero-order chi connectivity index (χ0) is 18.1. The van der Waals surface area contributed by atoms with E-state index in [2.05, 4.69) is 10.4 Å². The fourth-order valence-corrected chi connectivity index (χ4v) is 2.23. The molecule has 0 aliphatic heterocycles. The summed E-state index contributed by atoms with van der Waals surface area (Å²) in [4.78, 5) is 5.38. The van der Waals surface area contributed by atoms with Crippen LogP contribution in [0, 0.1) is 0 Å². The van der Waals surface area contributed by atoms with E-state index in [9.17, 15) is 5.11 Å². The molecule has 8 heteroatoms. The van der Waals surface area contributed by atoms with Crippen LogP contribution in [0.15, 0.2) is 40.7 Å². The van der Waals surface area contributed by atoms with Crippen LogP contribution in [0.2, 0.25) is 0 Å². The molecule has 0 heterocycles. The first-order valence-electron chi connectivity index (χ1n) is 7.56. The second kappa shape index (κ2) is 9.65. The summed E-state index contributed by atoms with van der Waals surface area (Å²) in [5, 5.41) is 17.7.